The molecule has 0 aromatic heterocycles. The summed E-state index contributed by atoms with van der Waals surface area (Å²) in [7, 11) is 0. The monoisotopic (exact) mass is 189 g/mol. The maximum atomic E-state index is 11.3. The van der Waals surface area contributed by atoms with E-state index in [0.29, 0.717) is 26.0 Å². The standard InChI is InChI=1S/C9H19NO3/c1-2-13-9(12)8(5-7-11)4-3-6-10/h8,11H,2-7,10H2,1H3. The van der Waals surface area contributed by atoms with E-state index in [1.54, 1.807) is 6.92 Å². The number of aliphatic hydroxyl groups is 1. The Kier molecular flexibility index (Phi) is 7.63. The largest absolute Gasteiger partial charge is 0.466 e. The van der Waals surface area contributed by atoms with Crippen molar-refractivity contribution in [1.29, 1.82) is 0 Å². The van der Waals surface area contributed by atoms with Crippen molar-refractivity contribution < 1.29 is 14.6 Å². The van der Waals surface area contributed by atoms with Gasteiger partial charge in [-0.2, -0.15) is 0 Å². The van der Waals surface area contributed by atoms with E-state index in [1.807, 2.05) is 0 Å². The number of aliphatic hydroxyl groups excluding tert-OH is 1. The molecule has 0 fully saturated rings. The summed E-state index contributed by atoms with van der Waals surface area (Å²) in [5.41, 5.74) is 5.33. The molecule has 0 aromatic rings. The third kappa shape index (κ3) is 5.60. The predicted octanol–water partition coefficient (Wildman–Crippen LogP) is 0.287. The number of esters is 1. The second-order valence-electron chi connectivity index (χ2n) is 2.89. The topological polar surface area (TPSA) is 72.5 Å². The third-order valence-corrected chi connectivity index (χ3v) is 1.85. The molecule has 13 heavy (non-hydrogen) atoms. The van der Waals surface area contributed by atoms with Crippen molar-refractivity contribution in [2.24, 2.45) is 11.7 Å². The van der Waals surface area contributed by atoms with Gasteiger partial charge in [0.2, 0.25) is 0 Å². The maximum absolute atomic E-state index is 11.3. The number of carbonyl (C=O) groups excluding carboxylic acids is 1. The van der Waals surface area contributed by atoms with Crippen molar-refractivity contribution >= 4 is 5.97 Å². The number of rotatable bonds is 7. The number of ether oxygens (including phenoxy) is 1. The van der Waals surface area contributed by atoms with Crippen molar-refractivity contribution in [3.63, 3.8) is 0 Å². The van der Waals surface area contributed by atoms with Crippen molar-refractivity contribution in [2.45, 2.75) is 26.2 Å². The van der Waals surface area contributed by atoms with Crippen LogP contribution in [0.1, 0.15) is 26.2 Å². The molecule has 0 aliphatic heterocycles. The van der Waals surface area contributed by atoms with Crippen LogP contribution in [-0.2, 0) is 9.53 Å². The first kappa shape index (κ1) is 12.4. The normalized spacial score (nSPS) is 12.5. The lowest BCUT2D eigenvalue weighted by molar-refractivity contribution is -0.148. The molecule has 4 nitrogen and oxygen atoms in total. The van der Waals surface area contributed by atoms with Crippen molar-refractivity contribution in [3.05, 3.63) is 0 Å². The molecule has 0 saturated carbocycles. The van der Waals surface area contributed by atoms with Gasteiger partial charge in [0.05, 0.1) is 12.5 Å². The molecule has 0 bridgehead atoms. The third-order valence-electron chi connectivity index (χ3n) is 1.85. The van der Waals surface area contributed by atoms with E-state index in [9.17, 15) is 4.79 Å². The second-order valence-corrected chi connectivity index (χ2v) is 2.89. The number of hydrogen-bond acceptors (Lipinski definition) is 4. The summed E-state index contributed by atoms with van der Waals surface area (Å²) < 4.78 is 4.86. The van der Waals surface area contributed by atoms with E-state index in [2.05, 4.69) is 0 Å². The number of hydrogen-bond donors (Lipinski definition) is 2. The maximum Gasteiger partial charge on any atom is 0.309 e. The molecule has 0 aliphatic carbocycles. The molecule has 0 saturated heterocycles. The molecule has 1 unspecified atom stereocenters. The summed E-state index contributed by atoms with van der Waals surface area (Å²) in [5, 5.41) is 8.71. The highest BCUT2D eigenvalue weighted by Crippen LogP contribution is 2.12. The van der Waals surface area contributed by atoms with Crippen molar-refractivity contribution in [1.82, 2.24) is 0 Å². The van der Waals surface area contributed by atoms with Crippen LogP contribution in [0.3, 0.4) is 0 Å². The van der Waals surface area contributed by atoms with Gasteiger partial charge in [-0.25, -0.2) is 0 Å². The van der Waals surface area contributed by atoms with Crippen LogP contribution in [0.15, 0.2) is 0 Å². The molecule has 4 heteroatoms. The summed E-state index contributed by atoms with van der Waals surface area (Å²) in [5.74, 6) is -0.404. The Morgan fingerprint density at radius 3 is 2.69 bits per heavy atom. The van der Waals surface area contributed by atoms with Crippen LogP contribution in [-0.4, -0.2) is 30.8 Å². The van der Waals surface area contributed by atoms with E-state index >= 15 is 0 Å². The van der Waals surface area contributed by atoms with E-state index in [0.717, 1.165) is 6.42 Å². The highest BCUT2D eigenvalue weighted by molar-refractivity contribution is 5.72. The minimum atomic E-state index is -0.218. The number of nitrogens with two attached hydrogens (primary N) is 1. The fourth-order valence-electron chi connectivity index (χ4n) is 1.16. The van der Waals surface area contributed by atoms with Crippen molar-refractivity contribution in [2.75, 3.05) is 19.8 Å². The SMILES string of the molecule is CCOC(=O)C(CCO)CCCN. The Bertz CT molecular complexity index is 139. The summed E-state index contributed by atoms with van der Waals surface area (Å²) in [4.78, 5) is 11.3. The lowest BCUT2D eigenvalue weighted by Crippen LogP contribution is -2.20. The van der Waals surface area contributed by atoms with Crippen molar-refractivity contribution in [3.8, 4) is 0 Å². The molecule has 0 radical (unpaired) electrons. The average molecular weight is 189 g/mol. The van der Waals surface area contributed by atoms with Crippen LogP contribution in [0, 0.1) is 5.92 Å². The zero-order valence-electron chi connectivity index (χ0n) is 8.16. The molecular weight excluding hydrogens is 170 g/mol. The summed E-state index contributed by atoms with van der Waals surface area (Å²) in [6, 6.07) is 0. The van der Waals surface area contributed by atoms with Gasteiger partial charge in [0.15, 0.2) is 0 Å². The Labute approximate surface area is 79.1 Å². The molecule has 3 N–H and O–H groups in total. The van der Waals surface area contributed by atoms with Gasteiger partial charge < -0.3 is 15.6 Å². The summed E-state index contributed by atoms with van der Waals surface area (Å²) in [6.45, 7) is 2.76. The quantitative estimate of drug-likeness (QED) is 0.564. The first-order chi connectivity index (χ1) is 6.26. The van der Waals surface area contributed by atoms with Gasteiger partial charge in [0.25, 0.3) is 0 Å². The van der Waals surface area contributed by atoms with E-state index in [-0.39, 0.29) is 18.5 Å². The number of carbonyl (C=O) groups is 1. The van der Waals surface area contributed by atoms with Crippen LogP contribution in [0.2, 0.25) is 0 Å². The molecule has 0 heterocycles. The summed E-state index contributed by atoms with van der Waals surface area (Å²) in [6.07, 6.45) is 1.97. The minimum Gasteiger partial charge on any atom is -0.466 e. The Balaban J connectivity index is 3.83. The van der Waals surface area contributed by atoms with Gasteiger partial charge in [-0.15, -0.1) is 0 Å². The first-order valence-electron chi connectivity index (χ1n) is 4.73. The first-order valence-corrected chi connectivity index (χ1v) is 4.73. The second kappa shape index (κ2) is 8.01. The molecule has 1 atom stereocenters. The molecule has 0 aliphatic rings. The van der Waals surface area contributed by atoms with Crippen LogP contribution in [0.4, 0.5) is 0 Å². The smallest absolute Gasteiger partial charge is 0.309 e. The molecule has 0 aromatic carbocycles. The van der Waals surface area contributed by atoms with E-state index in [1.165, 1.54) is 0 Å². The fourth-order valence-corrected chi connectivity index (χ4v) is 1.16. The predicted molar refractivity (Wildman–Crippen MR) is 50.1 cm³/mol. The van der Waals surface area contributed by atoms with Gasteiger partial charge in [0.1, 0.15) is 0 Å². The molecule has 78 valence electrons. The average Bonchev–Trinajstić information content (AvgIpc) is 2.12. The van der Waals surface area contributed by atoms with Crippen LogP contribution >= 0.6 is 0 Å². The minimum absolute atomic E-state index is 0.0219. The highest BCUT2D eigenvalue weighted by atomic mass is 16.5. The molecular formula is C9H19NO3. The van der Waals surface area contributed by atoms with Crippen LogP contribution in [0.25, 0.3) is 0 Å². The zero-order chi connectivity index (χ0) is 10.1. The lowest BCUT2D eigenvalue weighted by Gasteiger charge is -2.13. The van der Waals surface area contributed by atoms with Gasteiger partial charge in [-0.3, -0.25) is 4.79 Å². The van der Waals surface area contributed by atoms with Gasteiger partial charge in [-0.05, 0) is 32.7 Å². The van der Waals surface area contributed by atoms with Gasteiger partial charge in [-0.1, -0.05) is 0 Å². The highest BCUT2D eigenvalue weighted by Gasteiger charge is 2.17. The Morgan fingerprint density at radius 2 is 2.23 bits per heavy atom. The lowest BCUT2D eigenvalue weighted by atomic mass is 10.0. The van der Waals surface area contributed by atoms with Gasteiger partial charge in [0, 0.05) is 6.61 Å². The molecule has 0 amide bonds. The Morgan fingerprint density at radius 1 is 1.54 bits per heavy atom. The molecule has 0 rings (SSSR count). The Hall–Kier alpha value is -0.610. The van der Waals surface area contributed by atoms with Gasteiger partial charge >= 0.3 is 5.97 Å². The zero-order valence-corrected chi connectivity index (χ0v) is 8.16. The molecule has 0 spiro atoms. The van der Waals surface area contributed by atoms with E-state index < -0.39 is 0 Å². The van der Waals surface area contributed by atoms with E-state index in [4.69, 9.17) is 15.6 Å². The van der Waals surface area contributed by atoms with Crippen LogP contribution < -0.4 is 5.73 Å². The fraction of sp³-hybridized carbons (Fsp3) is 0.889. The van der Waals surface area contributed by atoms with Crippen LogP contribution in [0.5, 0.6) is 0 Å². The summed E-state index contributed by atoms with van der Waals surface area (Å²) >= 11 is 0.